The summed E-state index contributed by atoms with van der Waals surface area (Å²) in [5.41, 5.74) is 3.18. The van der Waals surface area contributed by atoms with Gasteiger partial charge in [-0.15, -0.1) is 0 Å². The Kier molecular flexibility index (Phi) is 11.6. The molecule has 242 valence electrons. The first kappa shape index (κ1) is 34.4. The Labute approximate surface area is 264 Å². The second-order valence-corrected chi connectivity index (χ2v) is 13.7. The molecule has 0 radical (unpaired) electrons. The summed E-state index contributed by atoms with van der Waals surface area (Å²) in [6, 6.07) is 17.4. The van der Waals surface area contributed by atoms with Crippen LogP contribution in [0.3, 0.4) is 0 Å². The van der Waals surface area contributed by atoms with Gasteiger partial charge in [0.25, 0.3) is 0 Å². The smallest absolute Gasteiger partial charge is 0.320 e. The SMILES string of the molecule is CCOC(=O)CN1CCN(OS(=O)(=O)c2ccc(C)cc2)Cc2cc(C=O)cc(c2)CN(OS(=O)(=O)c2ccc(C)cc2)CC1. The van der Waals surface area contributed by atoms with Gasteiger partial charge in [0, 0.05) is 31.7 Å². The summed E-state index contributed by atoms with van der Waals surface area (Å²) >= 11 is 0. The second kappa shape index (κ2) is 15.2. The van der Waals surface area contributed by atoms with Gasteiger partial charge in [-0.25, -0.2) is 0 Å². The van der Waals surface area contributed by atoms with E-state index in [0.29, 0.717) is 23.0 Å². The van der Waals surface area contributed by atoms with Crippen LogP contribution in [0.15, 0.2) is 76.5 Å². The lowest BCUT2D eigenvalue weighted by atomic mass is 10.1. The molecule has 1 aliphatic rings. The number of hydrogen-bond donors (Lipinski definition) is 0. The van der Waals surface area contributed by atoms with Crippen molar-refractivity contribution in [2.75, 3.05) is 39.3 Å². The minimum atomic E-state index is -4.21. The average molecular weight is 660 g/mol. The summed E-state index contributed by atoms with van der Waals surface area (Å²) in [7, 11) is -8.41. The quantitative estimate of drug-likeness (QED) is 0.233. The van der Waals surface area contributed by atoms with E-state index in [-0.39, 0.29) is 62.2 Å². The lowest BCUT2D eigenvalue weighted by Gasteiger charge is -2.29. The minimum Gasteiger partial charge on any atom is -0.465 e. The maximum Gasteiger partial charge on any atom is 0.320 e. The van der Waals surface area contributed by atoms with Crippen molar-refractivity contribution in [3.63, 3.8) is 0 Å². The van der Waals surface area contributed by atoms with Crippen LogP contribution in [0, 0.1) is 13.8 Å². The number of nitrogens with zero attached hydrogens (tertiary/aromatic N) is 3. The van der Waals surface area contributed by atoms with Gasteiger partial charge in [0.15, 0.2) is 0 Å². The van der Waals surface area contributed by atoms with E-state index in [1.54, 1.807) is 54.3 Å². The Bertz CT molecular complexity index is 1590. The van der Waals surface area contributed by atoms with Gasteiger partial charge >= 0.3 is 26.2 Å². The fraction of sp³-hybridized carbons (Fsp3) is 0.355. The van der Waals surface area contributed by atoms with E-state index in [0.717, 1.165) is 11.1 Å². The molecular formula is C31H37N3O9S2. The van der Waals surface area contributed by atoms with Crippen molar-refractivity contribution in [1.82, 2.24) is 15.0 Å². The summed E-state index contributed by atoms with van der Waals surface area (Å²) in [5, 5.41) is 2.53. The summed E-state index contributed by atoms with van der Waals surface area (Å²) < 4.78 is 69.1. The van der Waals surface area contributed by atoms with E-state index in [2.05, 4.69) is 0 Å². The van der Waals surface area contributed by atoms with Crippen molar-refractivity contribution in [2.45, 2.75) is 43.7 Å². The maximum atomic E-state index is 13.2. The zero-order valence-corrected chi connectivity index (χ0v) is 27.1. The minimum absolute atomic E-state index is 0.0208. The summed E-state index contributed by atoms with van der Waals surface area (Å²) in [6.45, 7) is 5.72. The van der Waals surface area contributed by atoms with Crippen LogP contribution in [-0.4, -0.2) is 83.4 Å². The molecule has 0 atom stereocenters. The number of carbonyl (C=O) groups excluding carboxylic acids is 2. The molecule has 0 spiro atoms. The Morgan fingerprint density at radius 1 is 0.733 bits per heavy atom. The van der Waals surface area contributed by atoms with Crippen LogP contribution in [0.25, 0.3) is 0 Å². The third kappa shape index (κ3) is 9.99. The summed E-state index contributed by atoms with van der Waals surface area (Å²) in [4.78, 5) is 26.0. The fourth-order valence-electron chi connectivity index (χ4n) is 4.67. The van der Waals surface area contributed by atoms with Crippen molar-refractivity contribution in [1.29, 1.82) is 0 Å². The highest BCUT2D eigenvalue weighted by atomic mass is 32.2. The van der Waals surface area contributed by atoms with E-state index in [1.165, 1.54) is 34.4 Å². The maximum absolute atomic E-state index is 13.2. The molecule has 0 unspecified atom stereocenters. The molecule has 0 fully saturated rings. The molecule has 1 heterocycles. The van der Waals surface area contributed by atoms with Crippen LogP contribution in [0.5, 0.6) is 0 Å². The number of aldehydes is 1. The molecule has 0 saturated carbocycles. The molecule has 4 rings (SSSR count). The largest absolute Gasteiger partial charge is 0.465 e. The number of rotatable bonds is 10. The van der Waals surface area contributed by atoms with E-state index >= 15 is 0 Å². The van der Waals surface area contributed by atoms with Crippen LogP contribution in [0.4, 0.5) is 0 Å². The zero-order valence-electron chi connectivity index (χ0n) is 25.4. The molecular weight excluding hydrogens is 622 g/mol. The summed E-state index contributed by atoms with van der Waals surface area (Å²) in [5.74, 6) is -0.495. The monoisotopic (exact) mass is 659 g/mol. The Hall–Kier alpha value is -3.50. The van der Waals surface area contributed by atoms with Crippen LogP contribution in [-0.2, 0) is 51.4 Å². The Morgan fingerprint density at radius 2 is 1.18 bits per heavy atom. The zero-order chi connectivity index (χ0) is 32.6. The Morgan fingerprint density at radius 3 is 1.58 bits per heavy atom. The molecule has 45 heavy (non-hydrogen) atoms. The lowest BCUT2D eigenvalue weighted by molar-refractivity contribution is -0.145. The molecule has 0 aliphatic carbocycles. The molecule has 3 aromatic carbocycles. The molecule has 2 bridgehead atoms. The number of aryl methyl sites for hydroxylation is 2. The van der Waals surface area contributed by atoms with Crippen molar-refractivity contribution in [3.8, 4) is 0 Å². The van der Waals surface area contributed by atoms with E-state index < -0.39 is 26.2 Å². The number of carbonyl (C=O) groups is 2. The third-order valence-corrected chi connectivity index (χ3v) is 9.46. The van der Waals surface area contributed by atoms with Gasteiger partial charge in [-0.05, 0) is 68.3 Å². The van der Waals surface area contributed by atoms with Gasteiger partial charge in [-0.3, -0.25) is 14.5 Å². The Balaban J connectivity index is 1.67. The van der Waals surface area contributed by atoms with Crippen molar-refractivity contribution in [3.05, 3.63) is 94.5 Å². The number of ether oxygens (including phenoxy) is 1. The predicted molar refractivity (Wildman–Crippen MR) is 165 cm³/mol. The van der Waals surface area contributed by atoms with Gasteiger partial charge in [0.1, 0.15) is 6.29 Å². The van der Waals surface area contributed by atoms with Crippen LogP contribution >= 0.6 is 0 Å². The predicted octanol–water partition coefficient (Wildman–Crippen LogP) is 3.24. The molecule has 12 nitrogen and oxygen atoms in total. The third-order valence-electron chi connectivity index (χ3n) is 6.94. The number of esters is 1. The van der Waals surface area contributed by atoms with Crippen molar-refractivity contribution in [2.24, 2.45) is 0 Å². The molecule has 1 aliphatic heterocycles. The molecule has 0 N–H and O–H groups in total. The molecule has 14 heteroatoms. The first-order valence-corrected chi connectivity index (χ1v) is 17.2. The highest BCUT2D eigenvalue weighted by Crippen LogP contribution is 2.21. The highest BCUT2D eigenvalue weighted by molar-refractivity contribution is 7.87. The van der Waals surface area contributed by atoms with E-state index in [1.807, 2.05) is 13.8 Å². The van der Waals surface area contributed by atoms with Crippen molar-refractivity contribution < 1.29 is 39.7 Å². The second-order valence-electron chi connectivity index (χ2n) is 10.7. The van der Waals surface area contributed by atoms with E-state index in [4.69, 9.17) is 13.3 Å². The fourth-order valence-corrected chi connectivity index (χ4v) is 6.59. The van der Waals surface area contributed by atoms with Crippen molar-refractivity contribution >= 4 is 32.5 Å². The van der Waals surface area contributed by atoms with Crippen LogP contribution in [0.2, 0.25) is 0 Å². The summed E-state index contributed by atoms with van der Waals surface area (Å²) in [6.07, 6.45) is 0.655. The topological polar surface area (TPSA) is 140 Å². The van der Waals surface area contributed by atoms with Gasteiger partial charge in [-0.2, -0.15) is 35.5 Å². The normalized spacial score (nSPS) is 16.0. The highest BCUT2D eigenvalue weighted by Gasteiger charge is 2.26. The van der Waals surface area contributed by atoms with Crippen LogP contribution in [0.1, 0.15) is 39.5 Å². The number of fused-ring (bicyclic) bond motifs is 2. The van der Waals surface area contributed by atoms with Crippen LogP contribution < -0.4 is 0 Å². The molecule has 3 aromatic rings. The van der Waals surface area contributed by atoms with Gasteiger partial charge in [0.05, 0.1) is 36.0 Å². The lowest BCUT2D eigenvalue weighted by Crippen LogP contribution is -2.43. The first-order chi connectivity index (χ1) is 21.4. The van der Waals surface area contributed by atoms with Gasteiger partial charge in [-0.1, -0.05) is 41.5 Å². The molecule has 0 aromatic heterocycles. The molecule has 0 amide bonds. The van der Waals surface area contributed by atoms with Gasteiger partial charge in [0.2, 0.25) is 0 Å². The number of hydroxylamine groups is 4. The number of hydrogen-bond acceptors (Lipinski definition) is 12. The van der Waals surface area contributed by atoms with Gasteiger partial charge < -0.3 is 4.74 Å². The first-order valence-electron chi connectivity index (χ1n) is 14.4. The average Bonchev–Trinajstić information content (AvgIpc) is 2.98. The van der Waals surface area contributed by atoms with E-state index in [9.17, 15) is 26.4 Å². The molecule has 0 saturated heterocycles. The number of benzene rings is 3. The standard InChI is InChI=1S/C31H37N3O9S2/c1-4-41-31(36)22-32-13-15-33(42-44(37,38)29-9-5-24(2)6-10-29)20-26-17-27(19-28(18-26)23-35)21-34(16-14-32)43-45(39,40)30-11-7-25(3)8-12-30/h5-12,17-19,23H,4,13-16,20-22H2,1-3H3.